The molecule has 6 nitrogen and oxygen atoms in total. The van der Waals surface area contributed by atoms with Crippen LogP contribution in [-0.2, 0) is 13.1 Å². The number of hydrogen-bond donors (Lipinski definition) is 3. The van der Waals surface area contributed by atoms with E-state index in [2.05, 4.69) is 10.4 Å². The van der Waals surface area contributed by atoms with Gasteiger partial charge in [-0.25, -0.2) is 4.68 Å². The molecule has 3 N–H and O–H groups in total. The number of aromatic nitrogens is 2. The molecule has 0 aliphatic carbocycles. The van der Waals surface area contributed by atoms with Crippen molar-refractivity contribution >= 4 is 17.3 Å². The number of nitrogens with zero attached hydrogens (tertiary/aromatic N) is 2. The Morgan fingerprint density at radius 2 is 2.10 bits per heavy atom. The quantitative estimate of drug-likeness (QED) is 0.772. The first-order valence-electron chi connectivity index (χ1n) is 6.00. The molecule has 0 aliphatic rings. The van der Waals surface area contributed by atoms with Gasteiger partial charge in [0.05, 0.1) is 25.0 Å². The van der Waals surface area contributed by atoms with Gasteiger partial charge in [0.1, 0.15) is 10.8 Å². The molecule has 2 aromatic rings. The number of aromatic hydroxyl groups is 1. The topological polar surface area (TPSA) is 87.4 Å². The number of benzene rings is 1. The highest BCUT2D eigenvalue weighted by Gasteiger charge is 2.09. The second-order valence-corrected chi connectivity index (χ2v) is 4.48. The fourth-order valence-electron chi connectivity index (χ4n) is 1.69. The van der Waals surface area contributed by atoms with E-state index in [-0.39, 0.29) is 23.9 Å². The molecule has 1 heterocycles. The summed E-state index contributed by atoms with van der Waals surface area (Å²) in [5.41, 5.74) is 0.597. The summed E-state index contributed by atoms with van der Waals surface area (Å²) in [5, 5.41) is 25.3. The maximum atomic E-state index is 11.8. The molecule has 0 bridgehead atoms. The number of nitrogens with one attached hydrogen (secondary N) is 1. The maximum absolute atomic E-state index is 11.8. The predicted molar refractivity (Wildman–Crippen MR) is 76.0 cm³/mol. The largest absolute Gasteiger partial charge is 0.508 e. The number of aliphatic hydroxyl groups excluding tert-OH is 1. The first-order chi connectivity index (χ1) is 9.63. The number of hydrogen-bond acceptors (Lipinski definition) is 5. The molecule has 0 aliphatic heterocycles. The van der Waals surface area contributed by atoms with Crippen molar-refractivity contribution in [3.8, 4) is 5.75 Å². The Labute approximate surface area is 120 Å². The smallest absolute Gasteiger partial charge is 0.287 e. The van der Waals surface area contributed by atoms with Crippen LogP contribution in [0.5, 0.6) is 5.75 Å². The summed E-state index contributed by atoms with van der Waals surface area (Å²) in [5.74, 6) is 0.165. The van der Waals surface area contributed by atoms with Gasteiger partial charge < -0.3 is 15.5 Å². The summed E-state index contributed by atoms with van der Waals surface area (Å²) in [6, 6.07) is 6.87. The molecule has 2 rings (SSSR count). The van der Waals surface area contributed by atoms with Gasteiger partial charge in [0.2, 0.25) is 0 Å². The highest BCUT2D eigenvalue weighted by Crippen LogP contribution is 2.20. The van der Waals surface area contributed by atoms with Gasteiger partial charge in [-0.05, 0) is 6.07 Å². The van der Waals surface area contributed by atoms with Gasteiger partial charge in [-0.3, -0.25) is 4.79 Å². The van der Waals surface area contributed by atoms with Crippen LogP contribution >= 0.6 is 11.6 Å². The molecular formula is C13H14ClN3O3. The molecule has 0 amide bonds. The summed E-state index contributed by atoms with van der Waals surface area (Å²) < 4.78 is 1.09. The molecule has 1 aromatic carbocycles. The molecule has 0 spiro atoms. The zero-order chi connectivity index (χ0) is 14.5. The van der Waals surface area contributed by atoms with Gasteiger partial charge in [0.15, 0.2) is 0 Å². The van der Waals surface area contributed by atoms with E-state index in [0.29, 0.717) is 17.8 Å². The van der Waals surface area contributed by atoms with Gasteiger partial charge in [0, 0.05) is 12.1 Å². The lowest BCUT2D eigenvalue weighted by Crippen LogP contribution is -2.25. The van der Waals surface area contributed by atoms with E-state index in [1.807, 2.05) is 0 Å². The second kappa shape index (κ2) is 6.40. The van der Waals surface area contributed by atoms with Crippen molar-refractivity contribution in [2.24, 2.45) is 0 Å². The lowest BCUT2D eigenvalue weighted by molar-refractivity contribution is 0.266. The minimum atomic E-state index is -0.469. The Morgan fingerprint density at radius 3 is 2.80 bits per heavy atom. The van der Waals surface area contributed by atoms with Crippen LogP contribution in [0.15, 0.2) is 35.3 Å². The van der Waals surface area contributed by atoms with Crippen LogP contribution in [0, 0.1) is 0 Å². The van der Waals surface area contributed by atoms with E-state index >= 15 is 0 Å². The van der Waals surface area contributed by atoms with Crippen LogP contribution in [0.1, 0.15) is 5.56 Å². The number of halogens is 1. The Hall–Kier alpha value is -2.05. The van der Waals surface area contributed by atoms with E-state index < -0.39 is 5.56 Å². The Bertz CT molecular complexity index is 658. The predicted octanol–water partition coefficient (Wildman–Crippen LogP) is 1.21. The lowest BCUT2D eigenvalue weighted by Gasteiger charge is -2.10. The monoisotopic (exact) mass is 295 g/mol. The van der Waals surface area contributed by atoms with Crippen molar-refractivity contribution in [1.29, 1.82) is 0 Å². The molecular weight excluding hydrogens is 282 g/mol. The highest BCUT2D eigenvalue weighted by atomic mass is 35.5. The molecule has 0 radical (unpaired) electrons. The SMILES string of the molecule is O=c1c(Cl)c(NCc2ccccc2O)cnn1CCO. The summed E-state index contributed by atoms with van der Waals surface area (Å²) in [4.78, 5) is 11.8. The second-order valence-electron chi connectivity index (χ2n) is 4.11. The average molecular weight is 296 g/mol. The fraction of sp³-hybridized carbons (Fsp3) is 0.231. The van der Waals surface area contributed by atoms with Gasteiger partial charge in [-0.15, -0.1) is 0 Å². The van der Waals surface area contributed by atoms with Gasteiger partial charge in [-0.2, -0.15) is 5.10 Å². The van der Waals surface area contributed by atoms with Gasteiger partial charge in [0.25, 0.3) is 5.56 Å². The Morgan fingerprint density at radius 1 is 1.35 bits per heavy atom. The lowest BCUT2D eigenvalue weighted by atomic mass is 10.2. The standard InChI is InChI=1S/C13H14ClN3O3/c14-12-10(8-16-17(5-6-18)13(12)20)15-7-9-3-1-2-4-11(9)19/h1-4,8,15,18-19H,5-7H2. The van der Waals surface area contributed by atoms with E-state index in [4.69, 9.17) is 16.7 Å². The first-order valence-corrected chi connectivity index (χ1v) is 6.38. The molecule has 0 saturated heterocycles. The molecule has 106 valence electrons. The van der Waals surface area contributed by atoms with Gasteiger partial charge in [-0.1, -0.05) is 29.8 Å². The molecule has 0 fully saturated rings. The third kappa shape index (κ3) is 3.09. The van der Waals surface area contributed by atoms with Crippen LogP contribution < -0.4 is 10.9 Å². The highest BCUT2D eigenvalue weighted by molar-refractivity contribution is 6.32. The minimum absolute atomic E-state index is 0.00358. The van der Waals surface area contributed by atoms with Gasteiger partial charge >= 0.3 is 0 Å². The van der Waals surface area contributed by atoms with Crippen molar-refractivity contribution in [1.82, 2.24) is 9.78 Å². The molecule has 0 unspecified atom stereocenters. The number of aliphatic hydroxyl groups is 1. The third-order valence-corrected chi connectivity index (χ3v) is 3.12. The summed E-state index contributed by atoms with van der Waals surface area (Å²) >= 11 is 5.96. The number of para-hydroxylation sites is 1. The Kier molecular flexibility index (Phi) is 4.60. The van der Waals surface area contributed by atoms with Crippen LogP contribution in [0.25, 0.3) is 0 Å². The van der Waals surface area contributed by atoms with E-state index in [9.17, 15) is 9.90 Å². The number of rotatable bonds is 5. The van der Waals surface area contributed by atoms with Crippen LogP contribution in [0.3, 0.4) is 0 Å². The average Bonchev–Trinajstić information content (AvgIpc) is 2.45. The summed E-state index contributed by atoms with van der Waals surface area (Å²) in [6.45, 7) is 0.226. The minimum Gasteiger partial charge on any atom is -0.508 e. The van der Waals surface area contributed by atoms with E-state index in [1.54, 1.807) is 24.3 Å². The van der Waals surface area contributed by atoms with E-state index in [0.717, 1.165) is 4.68 Å². The van der Waals surface area contributed by atoms with E-state index in [1.165, 1.54) is 6.20 Å². The molecule has 0 saturated carbocycles. The fourth-order valence-corrected chi connectivity index (χ4v) is 1.91. The van der Waals surface area contributed by atoms with Crippen molar-refractivity contribution in [2.45, 2.75) is 13.1 Å². The number of anilines is 1. The Balaban J connectivity index is 2.17. The molecule has 0 atom stereocenters. The number of phenols is 1. The zero-order valence-electron chi connectivity index (χ0n) is 10.6. The van der Waals surface area contributed by atoms with Crippen LogP contribution in [-0.4, -0.2) is 26.6 Å². The molecule has 7 heteroatoms. The van der Waals surface area contributed by atoms with Crippen molar-refractivity contribution in [3.63, 3.8) is 0 Å². The third-order valence-electron chi connectivity index (χ3n) is 2.76. The zero-order valence-corrected chi connectivity index (χ0v) is 11.3. The van der Waals surface area contributed by atoms with Crippen LogP contribution in [0.2, 0.25) is 5.02 Å². The van der Waals surface area contributed by atoms with Crippen molar-refractivity contribution in [2.75, 3.05) is 11.9 Å². The summed E-state index contributed by atoms with van der Waals surface area (Å²) in [6.07, 6.45) is 1.42. The van der Waals surface area contributed by atoms with Crippen molar-refractivity contribution < 1.29 is 10.2 Å². The first kappa shape index (κ1) is 14.4. The normalized spacial score (nSPS) is 10.5. The molecule has 20 heavy (non-hydrogen) atoms. The maximum Gasteiger partial charge on any atom is 0.287 e. The number of phenolic OH excluding ortho intramolecular Hbond substituents is 1. The molecule has 1 aromatic heterocycles. The van der Waals surface area contributed by atoms with Crippen molar-refractivity contribution in [3.05, 3.63) is 51.4 Å². The summed E-state index contributed by atoms with van der Waals surface area (Å²) in [7, 11) is 0. The van der Waals surface area contributed by atoms with Crippen LogP contribution in [0.4, 0.5) is 5.69 Å².